The summed E-state index contributed by atoms with van der Waals surface area (Å²) in [5.41, 5.74) is 22.4. The Hall–Kier alpha value is -6.30. The predicted octanol–water partition coefficient (Wildman–Crippen LogP) is 0.553. The van der Waals surface area contributed by atoms with Gasteiger partial charge in [0.2, 0.25) is 23.8 Å². The number of aromatic nitrogens is 7. The van der Waals surface area contributed by atoms with Gasteiger partial charge in [0.1, 0.15) is 0 Å². The molecule has 7 heterocycles. The number of halogens is 2. The van der Waals surface area contributed by atoms with Crippen LogP contribution in [0.1, 0.15) is 85.2 Å². The summed E-state index contributed by atoms with van der Waals surface area (Å²) >= 11 is 11.9. The van der Waals surface area contributed by atoms with Crippen molar-refractivity contribution in [2.24, 2.45) is 5.92 Å². The number of nitrogens with two attached hydrogens (primary N) is 4. The first-order valence-corrected chi connectivity index (χ1v) is 21.8. The van der Waals surface area contributed by atoms with Crippen molar-refractivity contribution in [3.05, 3.63) is 21.7 Å². The Labute approximate surface area is 373 Å². The van der Waals surface area contributed by atoms with Crippen LogP contribution >= 0.6 is 23.2 Å². The minimum Gasteiger partial charge on any atom is -0.382 e. The number of nitrogens with one attached hydrogen (secondary N) is 6. The van der Waals surface area contributed by atoms with E-state index in [1.807, 2.05) is 0 Å². The lowest BCUT2D eigenvalue weighted by atomic mass is 9.95. The number of carbonyl (C=O) groups is 3. The number of hydrogen-bond donors (Lipinski definition) is 10. The lowest BCUT2D eigenvalue weighted by Gasteiger charge is -2.37. The van der Waals surface area contributed by atoms with Crippen LogP contribution in [0, 0.1) is 16.7 Å². The Bertz CT molecular complexity index is 2080. The molecule has 24 nitrogen and oxygen atoms in total. The standard InChI is InChI=1S/C37H53Cl2N21O3/c38-24-28(42)50-26(40)22(48-24)30(61)52-33(44)46-20-7-15-59(16-8-20)36-54-35(58-13-5-19(6-14-58)32(63)57-11-3-1-2-4-12-57)55-37(56-36)60-17-9-21(10-18-60)47-34(45)53-31(62)23-27(41)51-29(43)25(39)49-23/h19-21H,1-18H2,(H4,40,42,50)(H4,41,43,51)(H3,44,46,52,61)(H3,45,47,53,62). The SMILES string of the molecule is N=C(NC(=O)c1nc(Cl)c(N)nc1N)NC1CCN(c2nc(N3CCC(NC(=N)NC(=O)c4nc(Cl)c(N)nc4N)CC3)nc(N3CCC(C(=O)N4CCCCCC4)CC3)n2)CC1. The Morgan fingerprint density at radius 3 is 1.25 bits per heavy atom. The first kappa shape index (κ1) is 44.7. The number of rotatable bonds is 8. The van der Waals surface area contributed by atoms with E-state index >= 15 is 0 Å². The molecule has 338 valence electrons. The third kappa shape index (κ3) is 11.0. The van der Waals surface area contributed by atoms with E-state index in [4.69, 9.17) is 71.9 Å². The maximum Gasteiger partial charge on any atom is 0.280 e. The number of anilines is 7. The van der Waals surface area contributed by atoms with Gasteiger partial charge in [-0.25, -0.2) is 19.9 Å². The molecule has 14 N–H and O–H groups in total. The molecule has 26 heteroatoms. The number of amides is 3. The van der Waals surface area contributed by atoms with Gasteiger partial charge in [-0.05, 0) is 51.4 Å². The fraction of sp³-hybridized carbons (Fsp3) is 0.568. The second-order valence-electron chi connectivity index (χ2n) is 16.0. The van der Waals surface area contributed by atoms with Crippen molar-refractivity contribution in [1.29, 1.82) is 10.8 Å². The summed E-state index contributed by atoms with van der Waals surface area (Å²) in [5.74, 6) is -0.767. The van der Waals surface area contributed by atoms with Crippen molar-refractivity contribution in [2.75, 3.05) is 90.0 Å². The van der Waals surface area contributed by atoms with E-state index in [-0.39, 0.29) is 80.8 Å². The molecule has 0 atom stereocenters. The average Bonchev–Trinajstić information content (AvgIpc) is 3.56. The number of hydrogen-bond acceptors (Lipinski definition) is 19. The van der Waals surface area contributed by atoms with Crippen LogP contribution in [0.3, 0.4) is 0 Å². The second kappa shape index (κ2) is 19.8. The van der Waals surface area contributed by atoms with Gasteiger partial charge < -0.3 is 53.2 Å². The van der Waals surface area contributed by atoms with Crippen LogP contribution in [-0.2, 0) is 4.79 Å². The van der Waals surface area contributed by atoms with Crippen molar-refractivity contribution in [3.63, 3.8) is 0 Å². The van der Waals surface area contributed by atoms with Gasteiger partial charge in [0.05, 0.1) is 0 Å². The van der Waals surface area contributed by atoms with Crippen LogP contribution in [-0.4, -0.2) is 134 Å². The maximum absolute atomic E-state index is 13.5. The molecular weight excluding hydrogens is 857 g/mol. The van der Waals surface area contributed by atoms with E-state index in [0.29, 0.717) is 95.6 Å². The van der Waals surface area contributed by atoms with Crippen LogP contribution in [0.15, 0.2) is 0 Å². The van der Waals surface area contributed by atoms with Gasteiger partial charge in [0.25, 0.3) is 11.8 Å². The molecule has 3 aromatic rings. The van der Waals surface area contributed by atoms with Crippen molar-refractivity contribution in [3.8, 4) is 0 Å². The van der Waals surface area contributed by atoms with Crippen molar-refractivity contribution >= 4 is 94.0 Å². The number of nitrogens with zero attached hydrogens (tertiary/aromatic N) is 11. The molecule has 0 aromatic carbocycles. The van der Waals surface area contributed by atoms with Gasteiger partial charge in [0.15, 0.2) is 56.9 Å². The largest absolute Gasteiger partial charge is 0.382 e. The molecule has 4 aliphatic rings. The minimum absolute atomic E-state index is 0.0330. The van der Waals surface area contributed by atoms with E-state index in [1.165, 1.54) is 12.8 Å². The van der Waals surface area contributed by atoms with Crippen molar-refractivity contribution < 1.29 is 14.4 Å². The number of carbonyl (C=O) groups excluding carboxylic acids is 3. The van der Waals surface area contributed by atoms with Crippen LogP contribution in [0.25, 0.3) is 0 Å². The summed E-state index contributed by atoms with van der Waals surface area (Å²) < 4.78 is 0. The van der Waals surface area contributed by atoms with Gasteiger partial charge in [-0.3, -0.25) is 35.8 Å². The number of likely N-dealkylation sites (tertiary alicyclic amines) is 1. The van der Waals surface area contributed by atoms with Gasteiger partial charge in [-0.15, -0.1) is 0 Å². The van der Waals surface area contributed by atoms with Crippen LogP contribution in [0.4, 0.5) is 41.1 Å². The fourth-order valence-electron chi connectivity index (χ4n) is 8.13. The van der Waals surface area contributed by atoms with Gasteiger partial charge in [-0.1, -0.05) is 36.0 Å². The number of nitrogen functional groups attached to an aromatic ring is 4. The number of guanidine groups is 2. The summed E-state index contributed by atoms with van der Waals surface area (Å²) in [5, 5.41) is 27.5. The normalized spacial score (nSPS) is 18.1. The van der Waals surface area contributed by atoms with Crippen LogP contribution in [0.2, 0.25) is 10.3 Å². The summed E-state index contributed by atoms with van der Waals surface area (Å²) in [4.78, 5) is 77.8. The molecule has 0 radical (unpaired) electrons. The molecule has 3 aromatic heterocycles. The lowest BCUT2D eigenvalue weighted by Crippen LogP contribution is -2.50. The molecule has 63 heavy (non-hydrogen) atoms. The van der Waals surface area contributed by atoms with E-state index in [9.17, 15) is 14.4 Å². The van der Waals surface area contributed by atoms with E-state index in [1.54, 1.807) is 0 Å². The third-order valence-corrected chi connectivity index (χ3v) is 12.2. The molecule has 4 saturated heterocycles. The Morgan fingerprint density at radius 2 is 0.873 bits per heavy atom. The molecule has 3 amide bonds. The minimum atomic E-state index is -0.747. The van der Waals surface area contributed by atoms with Gasteiger partial charge in [-0.2, -0.15) is 15.0 Å². The summed E-state index contributed by atoms with van der Waals surface area (Å²) in [7, 11) is 0. The third-order valence-electron chi connectivity index (χ3n) is 11.6. The molecular formula is C37H53Cl2N21O3. The van der Waals surface area contributed by atoms with Crippen molar-refractivity contribution in [2.45, 2.75) is 76.3 Å². The Balaban J connectivity index is 0.986. The van der Waals surface area contributed by atoms with Crippen LogP contribution in [0.5, 0.6) is 0 Å². The highest BCUT2D eigenvalue weighted by Gasteiger charge is 2.32. The molecule has 0 bridgehead atoms. The Morgan fingerprint density at radius 1 is 0.508 bits per heavy atom. The molecule has 7 rings (SSSR count). The van der Waals surface area contributed by atoms with E-state index in [2.05, 4.69) is 60.8 Å². The second-order valence-corrected chi connectivity index (χ2v) is 16.7. The monoisotopic (exact) mass is 909 g/mol. The molecule has 4 aliphatic heterocycles. The quantitative estimate of drug-likeness (QED) is 0.109. The first-order valence-electron chi connectivity index (χ1n) is 21.0. The highest BCUT2D eigenvalue weighted by Crippen LogP contribution is 2.29. The molecule has 4 fully saturated rings. The van der Waals surface area contributed by atoms with Crippen molar-refractivity contribution in [1.82, 2.24) is 61.1 Å². The molecule has 0 spiro atoms. The molecule has 0 saturated carbocycles. The van der Waals surface area contributed by atoms with Gasteiger partial charge >= 0.3 is 0 Å². The highest BCUT2D eigenvalue weighted by molar-refractivity contribution is 6.32. The maximum atomic E-state index is 13.5. The topological polar surface area (TPSA) is 354 Å². The fourth-order valence-corrected chi connectivity index (χ4v) is 8.39. The molecule has 0 unspecified atom stereocenters. The van der Waals surface area contributed by atoms with E-state index < -0.39 is 11.8 Å². The molecule has 0 aliphatic carbocycles. The first-order chi connectivity index (χ1) is 30.2. The zero-order valence-electron chi connectivity index (χ0n) is 34.7. The highest BCUT2D eigenvalue weighted by atomic mass is 35.5. The number of piperidine rings is 3. The zero-order chi connectivity index (χ0) is 44.8. The zero-order valence-corrected chi connectivity index (χ0v) is 36.2. The van der Waals surface area contributed by atoms with Crippen LogP contribution < -0.4 is 58.9 Å². The van der Waals surface area contributed by atoms with Gasteiger partial charge in [0, 0.05) is 70.4 Å². The predicted molar refractivity (Wildman–Crippen MR) is 239 cm³/mol. The van der Waals surface area contributed by atoms with E-state index in [0.717, 1.165) is 25.9 Å². The Kier molecular flexibility index (Phi) is 14.1. The summed E-state index contributed by atoms with van der Waals surface area (Å²) in [6, 6.07) is -0.280. The smallest absolute Gasteiger partial charge is 0.280 e. The lowest BCUT2D eigenvalue weighted by molar-refractivity contribution is -0.136. The summed E-state index contributed by atoms with van der Waals surface area (Å²) in [6.07, 6.45) is 8.29. The average molecular weight is 911 g/mol. The summed E-state index contributed by atoms with van der Waals surface area (Å²) in [6.45, 7) is 5.14.